The Morgan fingerprint density at radius 2 is 1.77 bits per heavy atom. The van der Waals surface area contributed by atoms with Gasteiger partial charge in [0, 0.05) is 5.69 Å². The van der Waals surface area contributed by atoms with Gasteiger partial charge in [0.25, 0.3) is 0 Å². The van der Waals surface area contributed by atoms with Gasteiger partial charge in [-0.3, -0.25) is 0 Å². The summed E-state index contributed by atoms with van der Waals surface area (Å²) in [5.74, 6) is 2.37. The van der Waals surface area contributed by atoms with E-state index in [1.165, 1.54) is 10.5 Å². The number of quaternary nitrogens is 1. The largest absolute Gasteiger partial charge is 0.495 e. The first-order valence-corrected chi connectivity index (χ1v) is 10.7. The third-order valence-electron chi connectivity index (χ3n) is 5.65. The molecule has 0 unspecified atom stereocenters. The van der Waals surface area contributed by atoms with Crippen LogP contribution in [0.15, 0.2) is 48.5 Å². The highest BCUT2D eigenvalue weighted by Gasteiger charge is 2.23. The lowest BCUT2D eigenvalue weighted by molar-refractivity contribution is -0.915. The van der Waals surface area contributed by atoms with Crippen LogP contribution >= 0.6 is 0 Å². The molecule has 0 atom stereocenters. The number of para-hydroxylation sites is 3. The fraction of sp³-hybridized carbons (Fsp3) is 0.348. The normalized spacial score (nSPS) is 14.5. The summed E-state index contributed by atoms with van der Waals surface area (Å²) in [6.07, 6.45) is 0.928. The second-order valence-electron chi connectivity index (χ2n) is 7.65. The lowest BCUT2D eigenvalue weighted by Gasteiger charge is -2.34. The summed E-state index contributed by atoms with van der Waals surface area (Å²) >= 11 is 0. The van der Waals surface area contributed by atoms with Crippen LogP contribution in [0.3, 0.4) is 0 Å². The van der Waals surface area contributed by atoms with E-state index in [-0.39, 0.29) is 5.95 Å². The molecule has 0 amide bonds. The summed E-state index contributed by atoms with van der Waals surface area (Å²) in [5.41, 5.74) is 9.34. The second-order valence-corrected chi connectivity index (χ2v) is 7.65. The summed E-state index contributed by atoms with van der Waals surface area (Å²) in [6, 6.07) is 16.3. The topological polar surface area (TPSA) is 93.6 Å². The van der Waals surface area contributed by atoms with E-state index in [1.54, 1.807) is 7.11 Å². The molecule has 4 N–H and O–H groups in total. The van der Waals surface area contributed by atoms with Crippen LogP contribution in [0.1, 0.15) is 18.3 Å². The molecule has 31 heavy (non-hydrogen) atoms. The van der Waals surface area contributed by atoms with E-state index < -0.39 is 0 Å². The van der Waals surface area contributed by atoms with Crippen LogP contribution in [0.5, 0.6) is 5.75 Å². The van der Waals surface area contributed by atoms with Gasteiger partial charge in [-0.2, -0.15) is 15.0 Å². The first kappa shape index (κ1) is 20.9. The standard InChI is InChI=1S/C23H29N7O/c1-3-17-8-4-5-9-18(17)25-23-27-21(26-22(24)28-23)16-29-12-14-30(15-13-29)19-10-6-7-11-20(19)31-2/h4-11H,3,12-16H2,1-2H3,(H3,24,25,26,27,28)/p+1. The summed E-state index contributed by atoms with van der Waals surface area (Å²) in [6.45, 7) is 6.73. The number of nitrogens with zero attached hydrogens (tertiary/aromatic N) is 4. The van der Waals surface area contributed by atoms with Gasteiger partial charge in [0.2, 0.25) is 11.9 Å². The number of ether oxygens (including phenoxy) is 1. The van der Waals surface area contributed by atoms with E-state index in [9.17, 15) is 0 Å². The van der Waals surface area contributed by atoms with Crippen molar-refractivity contribution in [1.82, 2.24) is 15.0 Å². The maximum atomic E-state index is 5.99. The Kier molecular flexibility index (Phi) is 6.47. The Morgan fingerprint density at radius 3 is 2.55 bits per heavy atom. The molecule has 1 aromatic heterocycles. The van der Waals surface area contributed by atoms with Crippen molar-refractivity contribution in [1.29, 1.82) is 0 Å². The number of rotatable bonds is 7. The van der Waals surface area contributed by atoms with Crippen LogP contribution in [-0.2, 0) is 13.0 Å². The summed E-state index contributed by atoms with van der Waals surface area (Å²) in [5, 5.41) is 3.31. The molecule has 8 heteroatoms. The molecule has 3 aromatic rings. The van der Waals surface area contributed by atoms with Crippen molar-refractivity contribution in [2.75, 3.05) is 49.2 Å². The number of nitrogens with two attached hydrogens (primary N) is 1. The zero-order valence-corrected chi connectivity index (χ0v) is 18.1. The minimum absolute atomic E-state index is 0.244. The van der Waals surface area contributed by atoms with Crippen LogP contribution in [0.25, 0.3) is 0 Å². The number of aryl methyl sites for hydroxylation is 1. The molecule has 0 saturated carbocycles. The van der Waals surface area contributed by atoms with Gasteiger partial charge >= 0.3 is 0 Å². The van der Waals surface area contributed by atoms with Crippen molar-refractivity contribution in [3.8, 4) is 5.75 Å². The van der Waals surface area contributed by atoms with Crippen molar-refractivity contribution >= 4 is 23.3 Å². The predicted octanol–water partition coefficient (Wildman–Crippen LogP) is 1.67. The number of nitrogens with one attached hydrogen (secondary N) is 2. The lowest BCUT2D eigenvalue weighted by Crippen LogP contribution is -3.13. The molecule has 162 valence electrons. The third kappa shape index (κ3) is 5.03. The Bertz CT molecular complexity index is 1020. The predicted molar refractivity (Wildman–Crippen MR) is 123 cm³/mol. The molecule has 1 aliphatic heterocycles. The third-order valence-corrected chi connectivity index (χ3v) is 5.65. The van der Waals surface area contributed by atoms with E-state index in [4.69, 9.17) is 10.5 Å². The fourth-order valence-electron chi connectivity index (χ4n) is 4.00. The molecule has 1 aliphatic rings. The lowest BCUT2D eigenvalue weighted by atomic mass is 10.1. The van der Waals surface area contributed by atoms with Gasteiger partial charge in [-0.1, -0.05) is 37.3 Å². The highest BCUT2D eigenvalue weighted by atomic mass is 16.5. The summed E-state index contributed by atoms with van der Waals surface area (Å²) < 4.78 is 5.52. The molecular formula is C23H30N7O+. The molecule has 4 rings (SSSR count). The van der Waals surface area contributed by atoms with Crippen molar-refractivity contribution in [2.24, 2.45) is 0 Å². The highest BCUT2D eigenvalue weighted by molar-refractivity contribution is 5.59. The monoisotopic (exact) mass is 420 g/mol. The van der Waals surface area contributed by atoms with E-state index >= 15 is 0 Å². The molecule has 2 aromatic carbocycles. The number of benzene rings is 2. The summed E-state index contributed by atoms with van der Waals surface area (Å²) in [7, 11) is 1.72. The van der Waals surface area contributed by atoms with Crippen LogP contribution < -0.4 is 25.6 Å². The van der Waals surface area contributed by atoms with E-state index in [0.717, 1.165) is 56.3 Å². The van der Waals surface area contributed by atoms with Gasteiger partial charge in [-0.05, 0) is 30.2 Å². The molecule has 0 radical (unpaired) electrons. The van der Waals surface area contributed by atoms with Gasteiger partial charge in [-0.15, -0.1) is 0 Å². The summed E-state index contributed by atoms with van der Waals surface area (Å²) in [4.78, 5) is 17.1. The molecule has 1 saturated heterocycles. The van der Waals surface area contributed by atoms with Crippen LogP contribution in [0.4, 0.5) is 23.3 Å². The zero-order chi connectivity index (χ0) is 21.6. The van der Waals surface area contributed by atoms with Crippen LogP contribution in [-0.4, -0.2) is 48.2 Å². The molecule has 0 spiro atoms. The van der Waals surface area contributed by atoms with Gasteiger partial charge < -0.3 is 25.6 Å². The number of nitrogen functional groups attached to an aromatic ring is 1. The number of anilines is 4. The van der Waals surface area contributed by atoms with E-state index in [0.29, 0.717) is 11.8 Å². The second kappa shape index (κ2) is 9.61. The first-order chi connectivity index (χ1) is 15.2. The van der Waals surface area contributed by atoms with Crippen LogP contribution in [0, 0.1) is 0 Å². The zero-order valence-electron chi connectivity index (χ0n) is 18.1. The van der Waals surface area contributed by atoms with Gasteiger partial charge in [0.1, 0.15) is 12.3 Å². The van der Waals surface area contributed by atoms with Crippen molar-refractivity contribution in [3.05, 3.63) is 59.9 Å². The SMILES string of the molecule is CCc1ccccc1Nc1nc(N)nc(C[NH+]2CCN(c3ccccc3OC)CC2)n1. The average Bonchev–Trinajstić information content (AvgIpc) is 2.79. The van der Waals surface area contributed by atoms with Gasteiger partial charge in [0.15, 0.2) is 5.82 Å². The minimum atomic E-state index is 0.244. The number of aromatic nitrogens is 3. The molecule has 1 fully saturated rings. The number of hydrogen-bond acceptors (Lipinski definition) is 7. The minimum Gasteiger partial charge on any atom is -0.495 e. The number of methoxy groups -OCH3 is 1. The maximum Gasteiger partial charge on any atom is 0.232 e. The molecule has 0 aliphatic carbocycles. The number of piperazine rings is 1. The first-order valence-electron chi connectivity index (χ1n) is 10.7. The van der Waals surface area contributed by atoms with Crippen molar-refractivity contribution in [2.45, 2.75) is 19.9 Å². The molecule has 0 bridgehead atoms. The molecule has 8 nitrogen and oxygen atoms in total. The molecular weight excluding hydrogens is 390 g/mol. The Hall–Kier alpha value is -3.39. The van der Waals surface area contributed by atoms with E-state index in [1.807, 2.05) is 30.3 Å². The van der Waals surface area contributed by atoms with Crippen molar-refractivity contribution < 1.29 is 9.64 Å². The Labute approximate surface area is 183 Å². The highest BCUT2D eigenvalue weighted by Crippen LogP contribution is 2.27. The molecule has 2 heterocycles. The number of hydrogen-bond donors (Lipinski definition) is 3. The Morgan fingerprint density at radius 1 is 1.03 bits per heavy atom. The van der Waals surface area contributed by atoms with Crippen molar-refractivity contribution in [3.63, 3.8) is 0 Å². The van der Waals surface area contributed by atoms with Gasteiger partial charge in [-0.25, -0.2) is 0 Å². The van der Waals surface area contributed by atoms with Gasteiger partial charge in [0.05, 0.1) is 39.0 Å². The Balaban J connectivity index is 1.41. The average molecular weight is 421 g/mol. The fourth-order valence-corrected chi connectivity index (χ4v) is 4.00. The smallest absolute Gasteiger partial charge is 0.232 e. The van der Waals surface area contributed by atoms with E-state index in [2.05, 4.69) is 50.3 Å². The van der Waals surface area contributed by atoms with Crippen LogP contribution in [0.2, 0.25) is 0 Å². The quantitative estimate of drug-likeness (QED) is 0.535. The maximum absolute atomic E-state index is 5.99.